The number of hydrogen-bond donors (Lipinski definition) is 2. The lowest BCUT2D eigenvalue weighted by Crippen LogP contribution is -2.07. The average molecular weight is 308 g/mol. The van der Waals surface area contributed by atoms with E-state index < -0.39 is 17.7 Å². The second-order valence-corrected chi connectivity index (χ2v) is 4.37. The number of benzene rings is 1. The van der Waals surface area contributed by atoms with Crippen molar-refractivity contribution in [1.82, 2.24) is 0 Å². The monoisotopic (exact) mass is 307 g/mol. The normalized spacial score (nSPS) is 12.3. The number of aliphatic carboxylic acids is 1. The molecule has 0 saturated carbocycles. The average Bonchev–Trinajstić information content (AvgIpc) is 2.34. The molecule has 0 unspecified atom stereocenters. The lowest BCUT2D eigenvalue weighted by molar-refractivity contribution is -0.137. The zero-order valence-electron chi connectivity index (χ0n) is 10.6. The van der Waals surface area contributed by atoms with Gasteiger partial charge in [-0.05, 0) is 24.6 Å². The van der Waals surface area contributed by atoms with Crippen molar-refractivity contribution >= 4 is 23.3 Å². The van der Waals surface area contributed by atoms with Crippen molar-refractivity contribution in [2.24, 2.45) is 0 Å². The van der Waals surface area contributed by atoms with Crippen molar-refractivity contribution in [1.29, 1.82) is 0 Å². The van der Waals surface area contributed by atoms with Crippen LogP contribution in [0.3, 0.4) is 0 Å². The Bertz CT molecular complexity index is 527. The molecule has 0 fully saturated rings. The lowest BCUT2D eigenvalue weighted by Gasteiger charge is -2.11. The Kier molecular flexibility index (Phi) is 5.44. The van der Waals surface area contributed by atoms with Crippen LogP contribution in [-0.4, -0.2) is 17.6 Å². The van der Waals surface area contributed by atoms with Gasteiger partial charge in [0.1, 0.15) is 0 Å². The van der Waals surface area contributed by atoms with Crippen molar-refractivity contribution in [2.45, 2.75) is 19.5 Å². The fraction of sp³-hybridized carbons (Fsp3) is 0.308. The summed E-state index contributed by atoms with van der Waals surface area (Å²) >= 11 is 5.75. The van der Waals surface area contributed by atoms with Crippen LogP contribution in [0, 0.1) is 0 Å². The zero-order valence-corrected chi connectivity index (χ0v) is 11.3. The van der Waals surface area contributed by atoms with E-state index in [0.29, 0.717) is 12.1 Å². The first-order valence-electron chi connectivity index (χ1n) is 5.78. The van der Waals surface area contributed by atoms with Crippen LogP contribution in [0.1, 0.15) is 18.9 Å². The van der Waals surface area contributed by atoms with E-state index in [0.717, 1.165) is 12.1 Å². The van der Waals surface area contributed by atoms with E-state index in [4.69, 9.17) is 16.7 Å². The topological polar surface area (TPSA) is 49.3 Å². The zero-order chi connectivity index (χ0) is 15.3. The summed E-state index contributed by atoms with van der Waals surface area (Å²) in [5, 5.41) is 11.5. The van der Waals surface area contributed by atoms with Gasteiger partial charge in [-0.25, -0.2) is 4.79 Å². The Labute approximate surface area is 119 Å². The van der Waals surface area contributed by atoms with Crippen molar-refractivity contribution in [3.8, 4) is 0 Å². The summed E-state index contributed by atoms with van der Waals surface area (Å²) in [6.07, 6.45) is -2.63. The quantitative estimate of drug-likeness (QED) is 0.802. The van der Waals surface area contributed by atoms with Crippen LogP contribution in [0.15, 0.2) is 29.8 Å². The van der Waals surface area contributed by atoms with E-state index in [1.165, 1.54) is 12.1 Å². The third-order valence-corrected chi connectivity index (χ3v) is 2.91. The molecule has 1 rings (SSSR count). The molecule has 110 valence electrons. The molecule has 0 aliphatic heterocycles. The molecular formula is C13H13ClF3NO2. The summed E-state index contributed by atoms with van der Waals surface area (Å²) in [7, 11) is 0. The van der Waals surface area contributed by atoms with Gasteiger partial charge in [0.2, 0.25) is 0 Å². The van der Waals surface area contributed by atoms with Crippen molar-refractivity contribution in [2.75, 3.05) is 11.9 Å². The fourth-order valence-electron chi connectivity index (χ4n) is 1.50. The standard InChI is InChI=1S/C13H13ClF3NO2/c1-2-8(12(19)20)5-6-18-11-4-3-9(7-10(11)14)13(15,16)17/h3-5,7,18H,2,6H2,1H3,(H,19,20)/b8-5-. The van der Waals surface area contributed by atoms with Gasteiger partial charge in [-0.3, -0.25) is 0 Å². The summed E-state index contributed by atoms with van der Waals surface area (Å²) in [6, 6.07) is 2.95. The molecule has 1 aromatic rings. The van der Waals surface area contributed by atoms with E-state index >= 15 is 0 Å². The number of nitrogens with one attached hydrogen (secondary N) is 1. The SMILES string of the molecule is CC/C(=C/CNc1ccc(C(F)(F)F)cc1Cl)C(=O)O. The van der Waals surface area contributed by atoms with Gasteiger partial charge in [0.25, 0.3) is 0 Å². The summed E-state index contributed by atoms with van der Waals surface area (Å²) < 4.78 is 37.3. The van der Waals surface area contributed by atoms with Crippen LogP contribution in [0.5, 0.6) is 0 Å². The highest BCUT2D eigenvalue weighted by Crippen LogP contribution is 2.33. The Morgan fingerprint density at radius 1 is 1.45 bits per heavy atom. The maximum Gasteiger partial charge on any atom is 0.416 e. The molecule has 3 nitrogen and oxygen atoms in total. The predicted octanol–water partition coefficient (Wildman–Crippen LogP) is 4.19. The molecule has 0 aromatic heterocycles. The van der Waals surface area contributed by atoms with Crippen LogP contribution < -0.4 is 5.32 Å². The second kappa shape index (κ2) is 6.65. The molecule has 0 saturated heterocycles. The second-order valence-electron chi connectivity index (χ2n) is 3.96. The van der Waals surface area contributed by atoms with Crippen molar-refractivity contribution in [3.05, 3.63) is 40.4 Å². The van der Waals surface area contributed by atoms with Crippen molar-refractivity contribution in [3.63, 3.8) is 0 Å². The largest absolute Gasteiger partial charge is 0.478 e. The third kappa shape index (κ3) is 4.45. The van der Waals surface area contributed by atoms with Crippen LogP contribution >= 0.6 is 11.6 Å². The molecule has 0 bridgehead atoms. The Morgan fingerprint density at radius 3 is 2.55 bits per heavy atom. The first-order chi connectivity index (χ1) is 9.25. The van der Waals surface area contributed by atoms with Crippen LogP contribution in [-0.2, 0) is 11.0 Å². The number of carbonyl (C=O) groups is 1. The van der Waals surface area contributed by atoms with Crippen LogP contribution in [0.25, 0.3) is 0 Å². The number of carboxylic acid groups (broad SMARTS) is 1. The van der Waals surface area contributed by atoms with Gasteiger partial charge in [-0.15, -0.1) is 0 Å². The smallest absolute Gasteiger partial charge is 0.416 e. The van der Waals surface area contributed by atoms with E-state index in [2.05, 4.69) is 5.32 Å². The molecule has 1 aromatic carbocycles. The van der Waals surface area contributed by atoms with Crippen LogP contribution in [0.2, 0.25) is 5.02 Å². The number of rotatable bonds is 5. The fourth-order valence-corrected chi connectivity index (χ4v) is 1.75. The minimum absolute atomic E-state index is 0.0680. The van der Waals surface area contributed by atoms with E-state index in [1.807, 2.05) is 0 Å². The highest BCUT2D eigenvalue weighted by Gasteiger charge is 2.30. The molecule has 0 radical (unpaired) electrons. The highest BCUT2D eigenvalue weighted by atomic mass is 35.5. The van der Waals surface area contributed by atoms with Gasteiger partial charge in [0.15, 0.2) is 0 Å². The Balaban J connectivity index is 2.78. The lowest BCUT2D eigenvalue weighted by atomic mass is 10.2. The summed E-state index contributed by atoms with van der Waals surface area (Å²) in [4.78, 5) is 10.7. The van der Waals surface area contributed by atoms with Gasteiger partial charge < -0.3 is 10.4 Å². The first-order valence-corrected chi connectivity index (χ1v) is 6.16. The molecule has 0 heterocycles. The number of hydrogen-bond acceptors (Lipinski definition) is 2. The number of alkyl halides is 3. The molecule has 0 aliphatic rings. The first kappa shape index (κ1) is 16.4. The number of halogens is 4. The maximum absolute atomic E-state index is 12.4. The van der Waals surface area contributed by atoms with E-state index in [-0.39, 0.29) is 17.1 Å². The number of carboxylic acids is 1. The van der Waals surface area contributed by atoms with E-state index in [1.54, 1.807) is 6.92 Å². The molecule has 0 spiro atoms. The maximum atomic E-state index is 12.4. The molecule has 0 amide bonds. The molecule has 2 N–H and O–H groups in total. The van der Waals surface area contributed by atoms with Crippen molar-refractivity contribution < 1.29 is 23.1 Å². The Hall–Kier alpha value is -1.69. The molecule has 20 heavy (non-hydrogen) atoms. The molecule has 7 heteroatoms. The van der Waals surface area contributed by atoms with E-state index in [9.17, 15) is 18.0 Å². The number of anilines is 1. The predicted molar refractivity (Wildman–Crippen MR) is 71.0 cm³/mol. The van der Waals surface area contributed by atoms with Gasteiger partial charge in [-0.2, -0.15) is 13.2 Å². The van der Waals surface area contributed by atoms with Gasteiger partial charge in [0, 0.05) is 12.1 Å². The highest BCUT2D eigenvalue weighted by molar-refractivity contribution is 6.33. The van der Waals surface area contributed by atoms with Gasteiger partial charge in [-0.1, -0.05) is 24.6 Å². The minimum atomic E-state index is -4.44. The van der Waals surface area contributed by atoms with Gasteiger partial charge in [0.05, 0.1) is 16.3 Å². The summed E-state index contributed by atoms with van der Waals surface area (Å²) in [6.45, 7) is 1.87. The van der Waals surface area contributed by atoms with Crippen LogP contribution in [0.4, 0.5) is 18.9 Å². The molecular weight excluding hydrogens is 295 g/mol. The summed E-state index contributed by atoms with van der Waals surface area (Å²) in [5.41, 5.74) is -0.291. The molecule has 0 aliphatic carbocycles. The Morgan fingerprint density at radius 2 is 2.10 bits per heavy atom. The third-order valence-electron chi connectivity index (χ3n) is 2.59. The molecule has 0 atom stereocenters. The summed E-state index contributed by atoms with van der Waals surface area (Å²) in [5.74, 6) is -1.02. The minimum Gasteiger partial charge on any atom is -0.478 e. The van der Waals surface area contributed by atoms with Gasteiger partial charge >= 0.3 is 12.1 Å².